The molecule has 94 valence electrons. The molecule has 2 rings (SSSR count). The second-order valence-corrected chi connectivity index (χ2v) is 6.67. The molecule has 0 spiro atoms. The van der Waals surface area contributed by atoms with Gasteiger partial charge in [0.25, 0.3) is 0 Å². The Morgan fingerprint density at radius 3 is 2.88 bits per heavy atom. The fourth-order valence-corrected chi connectivity index (χ4v) is 3.51. The number of thioether (sulfide) groups is 1. The molecule has 0 amide bonds. The summed E-state index contributed by atoms with van der Waals surface area (Å²) in [6.07, 6.45) is 2.85. The highest BCUT2D eigenvalue weighted by Gasteiger charge is 2.33. The molecular formula is C12H23NO2S. The van der Waals surface area contributed by atoms with Gasteiger partial charge >= 0.3 is 0 Å². The maximum Gasteiger partial charge on any atom is 0.163 e. The molecule has 3 unspecified atom stereocenters. The largest absolute Gasteiger partial charge is 0.348 e. The Labute approximate surface area is 103 Å². The lowest BCUT2D eigenvalue weighted by atomic mass is 10.1. The normalized spacial score (nSPS) is 38.8. The third kappa shape index (κ3) is 3.36. The van der Waals surface area contributed by atoms with Gasteiger partial charge in [-0.15, -0.1) is 0 Å². The predicted molar refractivity (Wildman–Crippen MR) is 67.8 cm³/mol. The van der Waals surface area contributed by atoms with E-state index in [1.807, 2.05) is 13.8 Å². The summed E-state index contributed by atoms with van der Waals surface area (Å²) in [7, 11) is 0. The second kappa shape index (κ2) is 5.25. The molecule has 2 heterocycles. The smallest absolute Gasteiger partial charge is 0.163 e. The monoisotopic (exact) mass is 245 g/mol. The first-order valence-electron chi connectivity index (χ1n) is 6.23. The zero-order valence-electron chi connectivity index (χ0n) is 10.5. The van der Waals surface area contributed by atoms with Crippen LogP contribution in [0, 0.1) is 0 Å². The maximum absolute atomic E-state index is 5.78. The van der Waals surface area contributed by atoms with E-state index in [2.05, 4.69) is 24.0 Å². The van der Waals surface area contributed by atoms with E-state index in [4.69, 9.17) is 9.47 Å². The molecule has 1 N–H and O–H groups in total. The van der Waals surface area contributed by atoms with Crippen molar-refractivity contribution in [3.8, 4) is 0 Å². The maximum atomic E-state index is 5.78. The molecule has 16 heavy (non-hydrogen) atoms. The molecule has 0 aromatic carbocycles. The molecule has 2 saturated heterocycles. The van der Waals surface area contributed by atoms with Gasteiger partial charge in [0.1, 0.15) is 0 Å². The second-order valence-electron chi connectivity index (χ2n) is 5.18. The fourth-order valence-electron chi connectivity index (χ4n) is 2.34. The van der Waals surface area contributed by atoms with Gasteiger partial charge in [-0.05, 0) is 32.4 Å². The highest BCUT2D eigenvalue weighted by molar-refractivity contribution is 7.99. The topological polar surface area (TPSA) is 30.5 Å². The SMILES string of the molecule is CC1SCCCC1NCC1COC(C)(C)O1. The van der Waals surface area contributed by atoms with Crippen molar-refractivity contribution in [2.24, 2.45) is 0 Å². The highest BCUT2D eigenvalue weighted by Crippen LogP contribution is 2.26. The summed E-state index contributed by atoms with van der Waals surface area (Å²) >= 11 is 2.07. The van der Waals surface area contributed by atoms with Gasteiger partial charge in [0.15, 0.2) is 5.79 Å². The van der Waals surface area contributed by atoms with Crippen LogP contribution in [0.25, 0.3) is 0 Å². The third-order valence-electron chi connectivity index (χ3n) is 3.28. The number of hydrogen-bond donors (Lipinski definition) is 1. The molecule has 2 aliphatic heterocycles. The zero-order valence-corrected chi connectivity index (χ0v) is 11.3. The van der Waals surface area contributed by atoms with Crippen molar-refractivity contribution in [3.63, 3.8) is 0 Å². The molecule has 2 fully saturated rings. The van der Waals surface area contributed by atoms with Crippen molar-refractivity contribution < 1.29 is 9.47 Å². The summed E-state index contributed by atoms with van der Waals surface area (Å²) in [5, 5.41) is 4.35. The van der Waals surface area contributed by atoms with Gasteiger partial charge in [-0.2, -0.15) is 11.8 Å². The van der Waals surface area contributed by atoms with Gasteiger partial charge in [-0.3, -0.25) is 0 Å². The Morgan fingerprint density at radius 2 is 2.25 bits per heavy atom. The van der Waals surface area contributed by atoms with Crippen molar-refractivity contribution in [2.45, 2.75) is 56.8 Å². The Kier molecular flexibility index (Phi) is 4.16. The average molecular weight is 245 g/mol. The van der Waals surface area contributed by atoms with Crippen LogP contribution in [0.15, 0.2) is 0 Å². The van der Waals surface area contributed by atoms with Gasteiger partial charge in [0, 0.05) is 17.8 Å². The Bertz CT molecular complexity index is 235. The van der Waals surface area contributed by atoms with Gasteiger partial charge in [-0.1, -0.05) is 6.92 Å². The van der Waals surface area contributed by atoms with Gasteiger partial charge in [-0.25, -0.2) is 0 Å². The van der Waals surface area contributed by atoms with E-state index < -0.39 is 0 Å². The average Bonchev–Trinajstić information content (AvgIpc) is 2.57. The zero-order chi connectivity index (χ0) is 11.6. The standard InChI is InChI=1S/C12H23NO2S/c1-9-11(5-4-6-16-9)13-7-10-8-14-12(2,3)15-10/h9-11,13H,4-8H2,1-3H3. The number of ether oxygens (including phenoxy) is 2. The molecule has 4 heteroatoms. The first-order chi connectivity index (χ1) is 7.57. The summed E-state index contributed by atoms with van der Waals surface area (Å²) in [5.41, 5.74) is 0. The lowest BCUT2D eigenvalue weighted by Gasteiger charge is -2.30. The number of nitrogens with one attached hydrogen (secondary N) is 1. The van der Waals surface area contributed by atoms with Gasteiger partial charge in [0.05, 0.1) is 12.7 Å². The van der Waals surface area contributed by atoms with Crippen LogP contribution in [-0.2, 0) is 9.47 Å². The minimum atomic E-state index is -0.390. The first kappa shape index (κ1) is 12.7. The quantitative estimate of drug-likeness (QED) is 0.824. The van der Waals surface area contributed by atoms with Crippen LogP contribution in [0.5, 0.6) is 0 Å². The van der Waals surface area contributed by atoms with E-state index in [0.29, 0.717) is 12.6 Å². The summed E-state index contributed by atoms with van der Waals surface area (Å²) in [5.74, 6) is 0.925. The number of rotatable bonds is 3. The van der Waals surface area contributed by atoms with E-state index in [1.165, 1.54) is 18.6 Å². The van der Waals surface area contributed by atoms with Crippen LogP contribution < -0.4 is 5.32 Å². The molecule has 0 bridgehead atoms. The first-order valence-corrected chi connectivity index (χ1v) is 7.28. The summed E-state index contributed by atoms with van der Waals surface area (Å²) in [4.78, 5) is 0. The Hall–Kier alpha value is 0.230. The summed E-state index contributed by atoms with van der Waals surface area (Å²) in [6, 6.07) is 0.645. The van der Waals surface area contributed by atoms with Gasteiger partial charge < -0.3 is 14.8 Å². The van der Waals surface area contributed by atoms with Crippen LogP contribution >= 0.6 is 11.8 Å². The van der Waals surface area contributed by atoms with Crippen LogP contribution in [0.2, 0.25) is 0 Å². The fraction of sp³-hybridized carbons (Fsp3) is 1.00. The van der Waals surface area contributed by atoms with E-state index in [0.717, 1.165) is 11.8 Å². The van der Waals surface area contributed by atoms with Crippen LogP contribution in [0.1, 0.15) is 33.6 Å². The molecule has 3 nitrogen and oxygen atoms in total. The molecule has 3 atom stereocenters. The van der Waals surface area contributed by atoms with Gasteiger partial charge in [0.2, 0.25) is 0 Å². The molecular weight excluding hydrogens is 222 g/mol. The molecule has 0 aromatic heterocycles. The minimum Gasteiger partial charge on any atom is -0.348 e. The molecule has 0 radical (unpaired) electrons. The van der Waals surface area contributed by atoms with Crippen molar-refractivity contribution in [1.29, 1.82) is 0 Å². The van der Waals surface area contributed by atoms with E-state index in [1.54, 1.807) is 0 Å². The van der Waals surface area contributed by atoms with Crippen molar-refractivity contribution in [2.75, 3.05) is 18.9 Å². The molecule has 0 aromatic rings. The third-order valence-corrected chi connectivity index (χ3v) is 4.66. The van der Waals surface area contributed by atoms with Crippen LogP contribution in [0.3, 0.4) is 0 Å². The van der Waals surface area contributed by atoms with Crippen molar-refractivity contribution >= 4 is 11.8 Å². The molecule has 0 aliphatic carbocycles. The van der Waals surface area contributed by atoms with E-state index in [-0.39, 0.29) is 11.9 Å². The highest BCUT2D eigenvalue weighted by atomic mass is 32.2. The lowest BCUT2D eigenvalue weighted by Crippen LogP contribution is -2.43. The van der Waals surface area contributed by atoms with E-state index in [9.17, 15) is 0 Å². The Morgan fingerprint density at radius 1 is 1.44 bits per heavy atom. The molecule has 2 aliphatic rings. The Balaban J connectivity index is 1.71. The van der Waals surface area contributed by atoms with Crippen molar-refractivity contribution in [3.05, 3.63) is 0 Å². The predicted octanol–water partition coefficient (Wildman–Crippen LogP) is 2.01. The number of hydrogen-bond acceptors (Lipinski definition) is 4. The van der Waals surface area contributed by atoms with Crippen LogP contribution in [-0.4, -0.2) is 42.1 Å². The lowest BCUT2D eigenvalue weighted by molar-refractivity contribution is -0.137. The van der Waals surface area contributed by atoms with Crippen molar-refractivity contribution in [1.82, 2.24) is 5.32 Å². The summed E-state index contributed by atoms with van der Waals surface area (Å²) in [6.45, 7) is 7.91. The minimum absolute atomic E-state index is 0.217. The van der Waals surface area contributed by atoms with Crippen LogP contribution in [0.4, 0.5) is 0 Å². The summed E-state index contributed by atoms with van der Waals surface area (Å²) < 4.78 is 11.3. The van der Waals surface area contributed by atoms with E-state index >= 15 is 0 Å². The molecule has 0 saturated carbocycles.